The van der Waals surface area contributed by atoms with E-state index in [1.54, 1.807) is 0 Å². The van der Waals surface area contributed by atoms with E-state index in [1.807, 2.05) is 0 Å². The van der Waals surface area contributed by atoms with Crippen LogP contribution in [0.1, 0.15) is 31.4 Å². The summed E-state index contributed by atoms with van der Waals surface area (Å²) >= 11 is 0. The largest absolute Gasteiger partial charge is 0.345 e. The standard InChI is InChI=1S/C15H20N2/c1-2-17-14-8-4-3-6-12(14)10-15(17)13-7-5-9-16-11-13/h3-4,6,8,10,13,16H,2,5,7,9,11H2,1H3/t13-/m0/s1. The fraction of sp³-hybridized carbons (Fsp3) is 0.467. The van der Waals surface area contributed by atoms with Crippen molar-refractivity contribution in [3.05, 3.63) is 36.0 Å². The third-order valence-electron chi connectivity index (χ3n) is 3.87. The van der Waals surface area contributed by atoms with Gasteiger partial charge in [-0.15, -0.1) is 0 Å². The quantitative estimate of drug-likeness (QED) is 0.835. The number of nitrogens with zero attached hydrogens (tertiary/aromatic N) is 1. The molecule has 0 amide bonds. The number of hydrogen-bond donors (Lipinski definition) is 1. The second kappa shape index (κ2) is 4.53. The van der Waals surface area contributed by atoms with E-state index in [2.05, 4.69) is 47.1 Å². The average Bonchev–Trinajstić information content (AvgIpc) is 2.78. The Morgan fingerprint density at radius 3 is 3.00 bits per heavy atom. The maximum Gasteiger partial charge on any atom is 0.0482 e. The second-order valence-corrected chi connectivity index (χ2v) is 4.92. The predicted octanol–water partition coefficient (Wildman–Crippen LogP) is 3.13. The molecule has 90 valence electrons. The number of rotatable bonds is 2. The van der Waals surface area contributed by atoms with Crippen LogP contribution in [0.3, 0.4) is 0 Å². The molecule has 2 nitrogen and oxygen atoms in total. The minimum Gasteiger partial charge on any atom is -0.345 e. The molecule has 2 heteroatoms. The summed E-state index contributed by atoms with van der Waals surface area (Å²) in [5.41, 5.74) is 2.90. The molecule has 1 aromatic heterocycles. The molecule has 0 aliphatic carbocycles. The molecule has 1 N–H and O–H groups in total. The van der Waals surface area contributed by atoms with Gasteiger partial charge in [-0.1, -0.05) is 18.2 Å². The minimum atomic E-state index is 0.691. The van der Waals surface area contributed by atoms with Gasteiger partial charge in [-0.25, -0.2) is 0 Å². The molecule has 0 bridgehead atoms. The van der Waals surface area contributed by atoms with Crippen molar-refractivity contribution in [1.29, 1.82) is 0 Å². The van der Waals surface area contributed by atoms with Crippen LogP contribution >= 0.6 is 0 Å². The summed E-state index contributed by atoms with van der Waals surface area (Å²) in [6, 6.07) is 11.1. The first-order valence-electron chi connectivity index (χ1n) is 6.69. The first-order valence-corrected chi connectivity index (χ1v) is 6.69. The molecule has 0 unspecified atom stereocenters. The lowest BCUT2D eigenvalue weighted by Gasteiger charge is -2.24. The van der Waals surface area contributed by atoms with Crippen molar-refractivity contribution in [3.63, 3.8) is 0 Å². The van der Waals surface area contributed by atoms with Gasteiger partial charge < -0.3 is 9.88 Å². The summed E-state index contributed by atoms with van der Waals surface area (Å²) in [6.07, 6.45) is 2.62. The predicted molar refractivity (Wildman–Crippen MR) is 72.5 cm³/mol. The van der Waals surface area contributed by atoms with E-state index in [9.17, 15) is 0 Å². The molecule has 0 spiro atoms. The number of nitrogens with one attached hydrogen (secondary N) is 1. The number of aryl methyl sites for hydroxylation is 1. The summed E-state index contributed by atoms with van der Waals surface area (Å²) in [5, 5.41) is 4.90. The van der Waals surface area contributed by atoms with Gasteiger partial charge in [-0.05, 0) is 43.8 Å². The zero-order valence-corrected chi connectivity index (χ0v) is 10.4. The lowest BCUT2D eigenvalue weighted by atomic mass is 9.96. The van der Waals surface area contributed by atoms with Crippen molar-refractivity contribution in [2.45, 2.75) is 32.2 Å². The highest BCUT2D eigenvalue weighted by molar-refractivity contribution is 5.81. The van der Waals surface area contributed by atoms with Gasteiger partial charge in [0, 0.05) is 30.2 Å². The van der Waals surface area contributed by atoms with E-state index in [4.69, 9.17) is 0 Å². The van der Waals surface area contributed by atoms with E-state index in [0.29, 0.717) is 5.92 Å². The topological polar surface area (TPSA) is 17.0 Å². The van der Waals surface area contributed by atoms with Crippen molar-refractivity contribution in [3.8, 4) is 0 Å². The molecule has 1 fully saturated rings. The number of hydrogen-bond acceptors (Lipinski definition) is 1. The Morgan fingerprint density at radius 2 is 2.24 bits per heavy atom. The third-order valence-corrected chi connectivity index (χ3v) is 3.87. The van der Waals surface area contributed by atoms with Gasteiger partial charge in [0.25, 0.3) is 0 Å². The highest BCUT2D eigenvalue weighted by Gasteiger charge is 2.19. The molecule has 2 aromatic rings. The third kappa shape index (κ3) is 1.87. The first kappa shape index (κ1) is 10.8. The maximum atomic E-state index is 3.52. The summed E-state index contributed by atoms with van der Waals surface area (Å²) in [7, 11) is 0. The Kier molecular flexibility index (Phi) is 2.89. The van der Waals surface area contributed by atoms with Crippen LogP contribution in [0.15, 0.2) is 30.3 Å². The number of benzene rings is 1. The maximum absolute atomic E-state index is 3.52. The van der Waals surface area contributed by atoms with Gasteiger partial charge in [0.05, 0.1) is 0 Å². The van der Waals surface area contributed by atoms with Gasteiger partial charge in [0.15, 0.2) is 0 Å². The van der Waals surface area contributed by atoms with Crippen LogP contribution in [-0.4, -0.2) is 17.7 Å². The molecule has 2 heterocycles. The molecule has 1 aliphatic rings. The first-order chi connectivity index (χ1) is 8.40. The van der Waals surface area contributed by atoms with Crippen LogP contribution < -0.4 is 5.32 Å². The monoisotopic (exact) mass is 228 g/mol. The van der Waals surface area contributed by atoms with Crippen LogP contribution in [0.25, 0.3) is 10.9 Å². The molecule has 1 atom stereocenters. The molecule has 1 aliphatic heterocycles. The Hall–Kier alpha value is -1.28. The smallest absolute Gasteiger partial charge is 0.0482 e. The number of piperidine rings is 1. The van der Waals surface area contributed by atoms with Crippen molar-refractivity contribution >= 4 is 10.9 Å². The molecule has 1 saturated heterocycles. The van der Waals surface area contributed by atoms with Crippen LogP contribution in [-0.2, 0) is 6.54 Å². The summed E-state index contributed by atoms with van der Waals surface area (Å²) in [6.45, 7) is 5.63. The van der Waals surface area contributed by atoms with Crippen molar-refractivity contribution in [2.24, 2.45) is 0 Å². The molecule has 3 rings (SSSR count). The number of para-hydroxylation sites is 1. The fourth-order valence-corrected chi connectivity index (χ4v) is 3.03. The zero-order valence-electron chi connectivity index (χ0n) is 10.4. The van der Waals surface area contributed by atoms with E-state index in [0.717, 1.165) is 13.1 Å². The minimum absolute atomic E-state index is 0.691. The highest BCUT2D eigenvalue weighted by Crippen LogP contribution is 2.29. The second-order valence-electron chi connectivity index (χ2n) is 4.92. The Labute approximate surface area is 103 Å². The Morgan fingerprint density at radius 1 is 1.35 bits per heavy atom. The number of fused-ring (bicyclic) bond motifs is 1. The van der Waals surface area contributed by atoms with Gasteiger partial charge in [-0.3, -0.25) is 0 Å². The number of aromatic nitrogens is 1. The lowest BCUT2D eigenvalue weighted by Crippen LogP contribution is -2.29. The Bertz CT molecular complexity index is 507. The lowest BCUT2D eigenvalue weighted by molar-refractivity contribution is 0.444. The van der Waals surface area contributed by atoms with Gasteiger partial charge in [0.2, 0.25) is 0 Å². The summed E-state index contributed by atoms with van der Waals surface area (Å²) in [4.78, 5) is 0. The van der Waals surface area contributed by atoms with Gasteiger partial charge in [-0.2, -0.15) is 0 Å². The molecule has 0 radical (unpaired) electrons. The average molecular weight is 228 g/mol. The normalized spacial score (nSPS) is 20.9. The van der Waals surface area contributed by atoms with Crippen LogP contribution in [0.2, 0.25) is 0 Å². The van der Waals surface area contributed by atoms with E-state index in [1.165, 1.54) is 36.0 Å². The van der Waals surface area contributed by atoms with Crippen LogP contribution in [0.5, 0.6) is 0 Å². The highest BCUT2D eigenvalue weighted by atomic mass is 15.0. The fourth-order valence-electron chi connectivity index (χ4n) is 3.03. The molecular weight excluding hydrogens is 208 g/mol. The van der Waals surface area contributed by atoms with E-state index < -0.39 is 0 Å². The van der Waals surface area contributed by atoms with Gasteiger partial charge in [0.1, 0.15) is 0 Å². The van der Waals surface area contributed by atoms with E-state index in [-0.39, 0.29) is 0 Å². The molecule has 1 aromatic carbocycles. The van der Waals surface area contributed by atoms with Crippen molar-refractivity contribution < 1.29 is 0 Å². The summed E-state index contributed by atoms with van der Waals surface area (Å²) in [5.74, 6) is 0.691. The zero-order chi connectivity index (χ0) is 11.7. The SMILES string of the molecule is CCn1c([C@H]2CCCNC2)cc2ccccc21. The summed E-state index contributed by atoms with van der Waals surface area (Å²) < 4.78 is 2.48. The van der Waals surface area contributed by atoms with Crippen molar-refractivity contribution in [1.82, 2.24) is 9.88 Å². The van der Waals surface area contributed by atoms with Crippen LogP contribution in [0.4, 0.5) is 0 Å². The Balaban J connectivity index is 2.08. The molecule has 17 heavy (non-hydrogen) atoms. The van der Waals surface area contributed by atoms with Crippen molar-refractivity contribution in [2.75, 3.05) is 13.1 Å². The molecule has 0 saturated carbocycles. The van der Waals surface area contributed by atoms with E-state index >= 15 is 0 Å². The van der Waals surface area contributed by atoms with Gasteiger partial charge >= 0.3 is 0 Å². The molecular formula is C15H20N2. The van der Waals surface area contributed by atoms with Crippen LogP contribution in [0, 0.1) is 0 Å².